The molecule has 2 N–H and O–H groups in total. The first kappa shape index (κ1) is 15.2. The fourth-order valence-corrected chi connectivity index (χ4v) is 2.03. The number of carbonyl (C=O) groups excluding carboxylic acids is 1. The van der Waals surface area contributed by atoms with E-state index < -0.39 is 23.2 Å². The number of aliphatic carboxylic acids is 1. The van der Waals surface area contributed by atoms with Crippen LogP contribution in [0.3, 0.4) is 0 Å². The predicted octanol–water partition coefficient (Wildman–Crippen LogP) is 0.954. The van der Waals surface area contributed by atoms with Gasteiger partial charge in [-0.15, -0.1) is 0 Å². The van der Waals surface area contributed by atoms with E-state index in [9.17, 15) is 19.1 Å². The molecule has 1 atom stereocenters. The molecule has 6 nitrogen and oxygen atoms in total. The first-order chi connectivity index (χ1) is 10.0. The van der Waals surface area contributed by atoms with Crippen molar-refractivity contribution >= 4 is 11.9 Å². The van der Waals surface area contributed by atoms with Gasteiger partial charge in [-0.25, -0.2) is 9.18 Å². The molecule has 1 fully saturated rings. The molecule has 1 aliphatic rings. The summed E-state index contributed by atoms with van der Waals surface area (Å²) in [5.74, 6) is -2.05. The molecule has 114 valence electrons. The van der Waals surface area contributed by atoms with Crippen LogP contribution in [0.25, 0.3) is 0 Å². The molecule has 1 aliphatic heterocycles. The second kappa shape index (κ2) is 6.53. The van der Waals surface area contributed by atoms with Crippen molar-refractivity contribution in [1.82, 2.24) is 5.32 Å². The van der Waals surface area contributed by atoms with Gasteiger partial charge in [0.2, 0.25) is 5.91 Å². The van der Waals surface area contributed by atoms with Gasteiger partial charge in [-0.1, -0.05) is 12.1 Å². The Morgan fingerprint density at radius 3 is 2.81 bits per heavy atom. The lowest BCUT2D eigenvalue weighted by Crippen LogP contribution is -2.55. The van der Waals surface area contributed by atoms with E-state index in [0.717, 1.165) is 0 Å². The predicted molar refractivity (Wildman–Crippen MR) is 70.5 cm³/mol. The van der Waals surface area contributed by atoms with Gasteiger partial charge in [0.25, 0.3) is 0 Å². The number of carboxylic acids is 1. The normalized spacial score (nSPS) is 21.0. The summed E-state index contributed by atoms with van der Waals surface area (Å²) in [5, 5.41) is 11.6. The average molecular weight is 297 g/mol. The zero-order valence-electron chi connectivity index (χ0n) is 11.3. The van der Waals surface area contributed by atoms with Crippen molar-refractivity contribution in [3.05, 3.63) is 30.1 Å². The van der Waals surface area contributed by atoms with Crippen molar-refractivity contribution in [2.75, 3.05) is 19.8 Å². The first-order valence-corrected chi connectivity index (χ1v) is 6.53. The van der Waals surface area contributed by atoms with E-state index in [1.807, 2.05) is 0 Å². The molecular formula is C14H16FNO5. The second-order valence-corrected chi connectivity index (χ2v) is 4.77. The van der Waals surface area contributed by atoms with Gasteiger partial charge in [0.15, 0.2) is 17.1 Å². The van der Waals surface area contributed by atoms with Crippen LogP contribution in [0.2, 0.25) is 0 Å². The van der Waals surface area contributed by atoms with Crippen molar-refractivity contribution in [1.29, 1.82) is 0 Å². The Bertz CT molecular complexity index is 528. The van der Waals surface area contributed by atoms with E-state index in [1.54, 1.807) is 6.07 Å². The molecule has 0 aromatic heterocycles. The van der Waals surface area contributed by atoms with E-state index in [0.29, 0.717) is 0 Å². The number of carbonyl (C=O) groups is 2. The van der Waals surface area contributed by atoms with Gasteiger partial charge < -0.3 is 19.9 Å². The van der Waals surface area contributed by atoms with Crippen LogP contribution >= 0.6 is 0 Å². The summed E-state index contributed by atoms with van der Waals surface area (Å²) in [5.41, 5.74) is -1.37. The van der Waals surface area contributed by atoms with Crippen LogP contribution in [0.1, 0.15) is 12.8 Å². The van der Waals surface area contributed by atoms with Gasteiger partial charge >= 0.3 is 5.97 Å². The number of ether oxygens (including phenoxy) is 2. The van der Waals surface area contributed by atoms with Crippen LogP contribution in [0.4, 0.5) is 4.39 Å². The highest BCUT2D eigenvalue weighted by Crippen LogP contribution is 2.19. The number of para-hydroxylation sites is 1. The molecule has 0 spiro atoms. The van der Waals surface area contributed by atoms with Crippen LogP contribution in [0, 0.1) is 5.82 Å². The number of hydrogen-bond donors (Lipinski definition) is 2. The van der Waals surface area contributed by atoms with E-state index in [1.165, 1.54) is 18.2 Å². The van der Waals surface area contributed by atoms with Crippen molar-refractivity contribution in [2.45, 2.75) is 18.4 Å². The van der Waals surface area contributed by atoms with Gasteiger partial charge in [-0.3, -0.25) is 4.79 Å². The molecule has 21 heavy (non-hydrogen) atoms. The third kappa shape index (κ3) is 3.69. The van der Waals surface area contributed by atoms with Crippen molar-refractivity contribution in [2.24, 2.45) is 0 Å². The van der Waals surface area contributed by atoms with E-state index in [4.69, 9.17) is 9.47 Å². The Hall–Kier alpha value is -2.15. The molecule has 0 bridgehead atoms. The number of hydrogen-bond acceptors (Lipinski definition) is 4. The average Bonchev–Trinajstić information content (AvgIpc) is 2.91. The molecule has 7 heteroatoms. The van der Waals surface area contributed by atoms with Crippen LogP contribution in [0.5, 0.6) is 5.75 Å². The maximum absolute atomic E-state index is 13.3. The Kier molecular flexibility index (Phi) is 4.74. The number of rotatable bonds is 6. The summed E-state index contributed by atoms with van der Waals surface area (Å²) in [6.45, 7) is 0.198. The lowest BCUT2D eigenvalue weighted by molar-refractivity contribution is -0.147. The third-order valence-corrected chi connectivity index (χ3v) is 3.23. The Morgan fingerprint density at radius 1 is 1.43 bits per heavy atom. The van der Waals surface area contributed by atoms with Crippen LogP contribution in [-0.2, 0) is 14.3 Å². The standard InChI is InChI=1S/C14H16FNO5/c15-10-3-1-2-4-11(10)21-7-5-12(17)16-14(13(18)19)6-8-20-9-14/h1-4H,5-9H2,(H,16,17)(H,18,19). The Balaban J connectivity index is 1.82. The van der Waals surface area contributed by atoms with Crippen molar-refractivity contribution in [3.63, 3.8) is 0 Å². The van der Waals surface area contributed by atoms with Gasteiger partial charge in [0, 0.05) is 13.0 Å². The molecule has 0 saturated carbocycles. The largest absolute Gasteiger partial charge is 0.490 e. The Morgan fingerprint density at radius 2 is 2.19 bits per heavy atom. The maximum Gasteiger partial charge on any atom is 0.331 e. The molecule has 1 saturated heterocycles. The third-order valence-electron chi connectivity index (χ3n) is 3.23. The second-order valence-electron chi connectivity index (χ2n) is 4.77. The molecule has 1 heterocycles. The van der Waals surface area contributed by atoms with Crippen LogP contribution in [0.15, 0.2) is 24.3 Å². The smallest absolute Gasteiger partial charge is 0.331 e. The molecule has 0 aliphatic carbocycles. The number of carboxylic acid groups (broad SMARTS) is 1. The molecule has 1 unspecified atom stereocenters. The van der Waals surface area contributed by atoms with Crippen LogP contribution in [-0.4, -0.2) is 42.3 Å². The molecule has 1 aromatic rings. The topological polar surface area (TPSA) is 84.9 Å². The summed E-state index contributed by atoms with van der Waals surface area (Å²) < 4.78 is 23.5. The monoisotopic (exact) mass is 297 g/mol. The molecule has 1 aromatic carbocycles. The highest BCUT2D eigenvalue weighted by atomic mass is 19.1. The number of halogens is 1. The SMILES string of the molecule is O=C(CCOc1ccccc1F)NC1(C(=O)O)CCOC1. The van der Waals surface area contributed by atoms with Crippen molar-refractivity contribution in [3.8, 4) is 5.75 Å². The fraction of sp³-hybridized carbons (Fsp3) is 0.429. The van der Waals surface area contributed by atoms with E-state index in [2.05, 4.69) is 5.32 Å². The zero-order chi connectivity index (χ0) is 15.3. The molecule has 1 amide bonds. The van der Waals surface area contributed by atoms with Gasteiger partial charge in [-0.05, 0) is 12.1 Å². The summed E-state index contributed by atoms with van der Waals surface area (Å²) in [6.07, 6.45) is 0.158. The first-order valence-electron chi connectivity index (χ1n) is 6.53. The van der Waals surface area contributed by atoms with Gasteiger partial charge in [0.1, 0.15) is 0 Å². The quantitative estimate of drug-likeness (QED) is 0.817. The minimum Gasteiger partial charge on any atom is -0.490 e. The minimum absolute atomic E-state index is 0.0384. The van der Waals surface area contributed by atoms with Gasteiger partial charge in [-0.2, -0.15) is 0 Å². The summed E-state index contributed by atoms with van der Waals surface area (Å²) in [6, 6.07) is 5.86. The number of amides is 1. The molecule has 2 rings (SSSR count). The Labute approximate surface area is 120 Å². The lowest BCUT2D eigenvalue weighted by atomic mass is 9.99. The minimum atomic E-state index is -1.37. The highest BCUT2D eigenvalue weighted by molar-refractivity contribution is 5.87. The summed E-state index contributed by atoms with van der Waals surface area (Å²) in [4.78, 5) is 23.0. The van der Waals surface area contributed by atoms with Gasteiger partial charge in [0.05, 0.1) is 19.6 Å². The molecule has 0 radical (unpaired) electrons. The lowest BCUT2D eigenvalue weighted by Gasteiger charge is -2.23. The summed E-state index contributed by atoms with van der Waals surface area (Å²) >= 11 is 0. The number of nitrogens with one attached hydrogen (secondary N) is 1. The molecular weight excluding hydrogens is 281 g/mol. The summed E-state index contributed by atoms with van der Waals surface area (Å²) in [7, 11) is 0. The van der Waals surface area contributed by atoms with E-state index >= 15 is 0 Å². The maximum atomic E-state index is 13.3. The van der Waals surface area contributed by atoms with Crippen LogP contribution < -0.4 is 10.1 Å². The fourth-order valence-electron chi connectivity index (χ4n) is 2.03. The zero-order valence-corrected chi connectivity index (χ0v) is 11.3. The van der Waals surface area contributed by atoms with Crippen molar-refractivity contribution < 1.29 is 28.6 Å². The highest BCUT2D eigenvalue weighted by Gasteiger charge is 2.43. The van der Waals surface area contributed by atoms with E-state index in [-0.39, 0.29) is 38.4 Å². The number of benzene rings is 1.